The van der Waals surface area contributed by atoms with Gasteiger partial charge >= 0.3 is 11.9 Å². The van der Waals surface area contributed by atoms with E-state index in [4.69, 9.17) is 22.3 Å². The first-order valence-electron chi connectivity index (χ1n) is 10.5. The number of hydrogen-bond donors (Lipinski definition) is 8. The molecule has 0 fully saturated rings. The smallest absolute Gasteiger partial charge is 0.326 e. The molecular weight excluding hydrogens is 480 g/mol. The van der Waals surface area contributed by atoms with E-state index in [1.807, 2.05) is 0 Å². The van der Waals surface area contributed by atoms with Crippen LogP contribution < -0.4 is 33.2 Å². The maximum Gasteiger partial charge on any atom is 0.326 e. The molecule has 0 saturated heterocycles. The summed E-state index contributed by atoms with van der Waals surface area (Å²) in [7, 11) is 0. The number of rotatable bonds is 15. The lowest BCUT2D eigenvalue weighted by atomic mass is 10.0. The molecule has 36 heavy (non-hydrogen) atoms. The predicted molar refractivity (Wildman–Crippen MR) is 121 cm³/mol. The lowest BCUT2D eigenvalue weighted by Crippen LogP contribution is -2.58. The Kier molecular flexibility index (Phi) is 11.5. The lowest BCUT2D eigenvalue weighted by molar-refractivity contribution is -0.143. The van der Waals surface area contributed by atoms with Crippen molar-refractivity contribution in [2.24, 2.45) is 17.2 Å². The van der Waals surface area contributed by atoms with Crippen molar-refractivity contribution in [3.8, 4) is 0 Å². The van der Waals surface area contributed by atoms with Crippen molar-refractivity contribution in [1.82, 2.24) is 16.0 Å². The highest BCUT2D eigenvalue weighted by Gasteiger charge is 2.32. The molecule has 15 heteroatoms. The molecule has 0 spiro atoms. The quantitative estimate of drug-likeness (QED) is 0.115. The molecule has 15 nitrogen and oxygen atoms in total. The van der Waals surface area contributed by atoms with E-state index >= 15 is 0 Å². The average Bonchev–Trinajstić information content (AvgIpc) is 2.77. The third kappa shape index (κ3) is 10.6. The minimum atomic E-state index is -1.78. The van der Waals surface area contributed by atoms with Crippen LogP contribution in [0, 0.1) is 0 Å². The third-order valence-electron chi connectivity index (χ3n) is 4.71. The zero-order valence-corrected chi connectivity index (χ0v) is 19.0. The van der Waals surface area contributed by atoms with Crippen LogP contribution in [0.1, 0.15) is 24.8 Å². The fraction of sp³-hybridized carbons (Fsp3) is 0.381. The molecule has 11 N–H and O–H groups in total. The van der Waals surface area contributed by atoms with Crippen molar-refractivity contribution in [3.63, 3.8) is 0 Å². The molecule has 1 aromatic rings. The van der Waals surface area contributed by atoms with Crippen LogP contribution >= 0.6 is 0 Å². The Bertz CT molecular complexity index is 1000. The maximum atomic E-state index is 12.7. The Morgan fingerprint density at radius 2 is 1.17 bits per heavy atom. The van der Waals surface area contributed by atoms with Crippen LogP contribution in [0.4, 0.5) is 0 Å². The van der Waals surface area contributed by atoms with Crippen LogP contribution in [0.5, 0.6) is 0 Å². The molecule has 4 unspecified atom stereocenters. The SMILES string of the molecule is NC(=O)CC(N)C(=O)NC(CC(N)=O)C(=O)NC(CC(=O)O)C(=O)NC(Cc1ccccc1)C(=O)O. The van der Waals surface area contributed by atoms with Crippen molar-refractivity contribution in [1.29, 1.82) is 0 Å². The van der Waals surface area contributed by atoms with Crippen LogP contribution in [-0.4, -0.2) is 75.9 Å². The molecule has 4 atom stereocenters. The Morgan fingerprint density at radius 1 is 0.694 bits per heavy atom. The second kappa shape index (κ2) is 14.0. The molecule has 0 saturated carbocycles. The minimum Gasteiger partial charge on any atom is -0.481 e. The van der Waals surface area contributed by atoms with E-state index in [9.17, 15) is 38.7 Å². The second-order valence-corrected chi connectivity index (χ2v) is 7.76. The topological polar surface area (TPSA) is 274 Å². The monoisotopic (exact) mass is 508 g/mol. The standard InChI is InChI=1S/C21H28N6O9/c22-11(7-15(23)28)18(32)25-12(8-16(24)29)19(33)26-13(9-17(30)31)20(34)27-14(21(35)36)6-10-4-2-1-3-5-10/h1-5,11-14H,6-9,22H2,(H2,23,28)(H2,24,29)(H,25,32)(H,26,33)(H,27,34)(H,30,31)(H,35,36). The van der Waals surface area contributed by atoms with Crippen molar-refractivity contribution in [2.45, 2.75) is 49.9 Å². The summed E-state index contributed by atoms with van der Waals surface area (Å²) < 4.78 is 0. The Labute approximate surface area is 204 Å². The molecule has 0 heterocycles. The molecular formula is C21H28N6O9. The lowest BCUT2D eigenvalue weighted by Gasteiger charge is -2.24. The Morgan fingerprint density at radius 3 is 1.64 bits per heavy atom. The molecule has 0 aliphatic carbocycles. The van der Waals surface area contributed by atoms with Gasteiger partial charge in [0.15, 0.2) is 0 Å². The van der Waals surface area contributed by atoms with E-state index in [0.29, 0.717) is 5.56 Å². The average molecular weight is 508 g/mol. The van der Waals surface area contributed by atoms with E-state index in [0.717, 1.165) is 0 Å². The van der Waals surface area contributed by atoms with E-state index in [2.05, 4.69) is 16.0 Å². The number of nitrogens with two attached hydrogens (primary N) is 3. The van der Waals surface area contributed by atoms with Gasteiger partial charge in [-0.2, -0.15) is 0 Å². The van der Waals surface area contributed by atoms with Gasteiger partial charge in [-0.05, 0) is 5.56 Å². The van der Waals surface area contributed by atoms with Crippen molar-refractivity contribution >= 4 is 41.5 Å². The molecule has 196 valence electrons. The number of carboxylic acids is 2. The molecule has 0 aliphatic rings. The van der Waals surface area contributed by atoms with Gasteiger partial charge in [-0.1, -0.05) is 30.3 Å². The molecule has 0 radical (unpaired) electrons. The Balaban J connectivity index is 3.02. The normalized spacial score (nSPS) is 13.8. The summed E-state index contributed by atoms with van der Waals surface area (Å²) in [5.74, 6) is -8.21. The van der Waals surface area contributed by atoms with Crippen LogP contribution in [0.2, 0.25) is 0 Å². The van der Waals surface area contributed by atoms with Gasteiger partial charge in [-0.15, -0.1) is 0 Å². The van der Waals surface area contributed by atoms with Crippen LogP contribution in [-0.2, 0) is 40.0 Å². The molecule has 0 aromatic heterocycles. The summed E-state index contributed by atoms with van der Waals surface area (Å²) >= 11 is 0. The summed E-state index contributed by atoms with van der Waals surface area (Å²) in [6, 6.07) is 1.89. The zero-order chi connectivity index (χ0) is 27.4. The first-order chi connectivity index (χ1) is 16.8. The van der Waals surface area contributed by atoms with Gasteiger partial charge in [-0.3, -0.25) is 28.8 Å². The van der Waals surface area contributed by atoms with E-state index in [-0.39, 0.29) is 6.42 Å². The summed E-state index contributed by atoms with van der Waals surface area (Å²) in [4.78, 5) is 82.8. The number of carbonyl (C=O) groups is 7. The zero-order valence-electron chi connectivity index (χ0n) is 19.0. The van der Waals surface area contributed by atoms with Gasteiger partial charge in [0.1, 0.15) is 18.1 Å². The van der Waals surface area contributed by atoms with Crippen LogP contribution in [0.25, 0.3) is 0 Å². The number of primary amides is 2. The highest BCUT2D eigenvalue weighted by Crippen LogP contribution is 2.05. The molecule has 1 aromatic carbocycles. The predicted octanol–water partition coefficient (Wildman–Crippen LogP) is -3.68. The maximum absolute atomic E-state index is 12.7. The summed E-state index contributed by atoms with van der Waals surface area (Å²) in [5, 5.41) is 24.9. The number of carboxylic acid groups (broad SMARTS) is 2. The molecule has 0 bridgehead atoms. The van der Waals surface area contributed by atoms with Crippen LogP contribution in [0.3, 0.4) is 0 Å². The number of amides is 5. The van der Waals surface area contributed by atoms with Gasteiger partial charge in [0.05, 0.1) is 25.3 Å². The van der Waals surface area contributed by atoms with Crippen LogP contribution in [0.15, 0.2) is 30.3 Å². The van der Waals surface area contributed by atoms with Gasteiger partial charge < -0.3 is 43.4 Å². The van der Waals surface area contributed by atoms with Gasteiger partial charge in [0, 0.05) is 6.42 Å². The number of nitrogens with one attached hydrogen (secondary N) is 3. The third-order valence-corrected chi connectivity index (χ3v) is 4.71. The second-order valence-electron chi connectivity index (χ2n) is 7.76. The number of carbonyl (C=O) groups excluding carboxylic acids is 5. The van der Waals surface area contributed by atoms with Gasteiger partial charge in [0.25, 0.3) is 0 Å². The number of aliphatic carboxylic acids is 2. The molecule has 0 aliphatic heterocycles. The highest BCUT2D eigenvalue weighted by atomic mass is 16.4. The van der Waals surface area contributed by atoms with Gasteiger partial charge in [0.2, 0.25) is 29.5 Å². The fourth-order valence-electron chi connectivity index (χ4n) is 2.98. The molecule has 5 amide bonds. The summed E-state index contributed by atoms with van der Waals surface area (Å²) in [6.45, 7) is 0. The largest absolute Gasteiger partial charge is 0.481 e. The first-order valence-corrected chi connectivity index (χ1v) is 10.5. The first kappa shape index (κ1) is 29.5. The fourth-order valence-corrected chi connectivity index (χ4v) is 2.98. The van der Waals surface area contributed by atoms with E-state index in [1.165, 1.54) is 0 Å². The van der Waals surface area contributed by atoms with E-state index < -0.39 is 84.9 Å². The summed E-state index contributed by atoms with van der Waals surface area (Å²) in [6.07, 6.45) is -2.41. The van der Waals surface area contributed by atoms with Gasteiger partial charge in [-0.25, -0.2) is 4.79 Å². The number of benzene rings is 1. The van der Waals surface area contributed by atoms with Crippen molar-refractivity contribution < 1.29 is 43.8 Å². The molecule has 1 rings (SSSR count). The summed E-state index contributed by atoms with van der Waals surface area (Å²) in [5.41, 5.74) is 16.1. The van der Waals surface area contributed by atoms with Crippen molar-refractivity contribution in [3.05, 3.63) is 35.9 Å². The Hall–Kier alpha value is -4.53. The number of hydrogen-bond acceptors (Lipinski definition) is 8. The minimum absolute atomic E-state index is 0.131. The van der Waals surface area contributed by atoms with E-state index in [1.54, 1.807) is 30.3 Å². The van der Waals surface area contributed by atoms with Crippen molar-refractivity contribution in [2.75, 3.05) is 0 Å². The highest BCUT2D eigenvalue weighted by molar-refractivity contribution is 5.97.